The zero-order chi connectivity index (χ0) is 9.40. The SMILES string of the molecule is CCCCCOCC([SiH3])C(=O)O. The molecule has 0 amide bonds. The Labute approximate surface area is 76.5 Å². The summed E-state index contributed by atoms with van der Waals surface area (Å²) < 4.78 is 5.21. The highest BCUT2D eigenvalue weighted by atomic mass is 28.1. The van der Waals surface area contributed by atoms with Gasteiger partial charge in [0.15, 0.2) is 0 Å². The van der Waals surface area contributed by atoms with Gasteiger partial charge in [-0.3, -0.25) is 4.79 Å². The molecule has 0 spiro atoms. The van der Waals surface area contributed by atoms with Crippen molar-refractivity contribution < 1.29 is 14.6 Å². The summed E-state index contributed by atoms with van der Waals surface area (Å²) in [6.07, 6.45) is 3.38. The van der Waals surface area contributed by atoms with Crippen LogP contribution in [0.15, 0.2) is 0 Å². The predicted octanol–water partition coefficient (Wildman–Crippen LogP) is 0.432. The van der Waals surface area contributed by atoms with Gasteiger partial charge in [-0.15, -0.1) is 0 Å². The molecule has 4 heteroatoms. The summed E-state index contributed by atoms with van der Waals surface area (Å²) in [7, 11) is 0.668. The Kier molecular flexibility index (Phi) is 7.09. The van der Waals surface area contributed by atoms with E-state index < -0.39 is 5.97 Å². The van der Waals surface area contributed by atoms with Gasteiger partial charge in [-0.2, -0.15) is 0 Å². The van der Waals surface area contributed by atoms with Crippen molar-refractivity contribution in [3.8, 4) is 0 Å². The zero-order valence-electron chi connectivity index (χ0n) is 7.88. The molecule has 0 aliphatic rings. The lowest BCUT2D eigenvalue weighted by Crippen LogP contribution is -2.14. The van der Waals surface area contributed by atoms with Gasteiger partial charge >= 0.3 is 5.97 Å². The van der Waals surface area contributed by atoms with Crippen LogP contribution in [-0.2, 0) is 9.53 Å². The van der Waals surface area contributed by atoms with Gasteiger partial charge in [-0.1, -0.05) is 19.8 Å². The molecule has 0 fully saturated rings. The van der Waals surface area contributed by atoms with Gasteiger partial charge in [0, 0.05) is 16.8 Å². The van der Waals surface area contributed by atoms with Crippen LogP contribution in [0.25, 0.3) is 0 Å². The van der Waals surface area contributed by atoms with Crippen molar-refractivity contribution in [2.24, 2.45) is 0 Å². The highest BCUT2D eigenvalue weighted by Gasteiger charge is 2.09. The Morgan fingerprint density at radius 3 is 2.75 bits per heavy atom. The number of ether oxygens (including phenoxy) is 1. The molecule has 0 saturated heterocycles. The minimum atomic E-state index is -0.725. The van der Waals surface area contributed by atoms with E-state index in [0.717, 1.165) is 6.42 Å². The molecule has 0 aliphatic carbocycles. The monoisotopic (exact) mass is 190 g/mol. The predicted molar refractivity (Wildman–Crippen MR) is 51.7 cm³/mol. The smallest absolute Gasteiger partial charge is 0.305 e. The first-order valence-electron chi connectivity index (χ1n) is 4.49. The summed E-state index contributed by atoms with van der Waals surface area (Å²) in [6, 6.07) is 0. The van der Waals surface area contributed by atoms with Gasteiger partial charge < -0.3 is 9.84 Å². The molecule has 0 saturated carbocycles. The van der Waals surface area contributed by atoms with E-state index in [1.165, 1.54) is 12.8 Å². The van der Waals surface area contributed by atoms with Crippen molar-refractivity contribution in [2.45, 2.75) is 31.7 Å². The van der Waals surface area contributed by atoms with Crippen LogP contribution in [0.4, 0.5) is 0 Å². The Hall–Kier alpha value is -0.353. The lowest BCUT2D eigenvalue weighted by atomic mass is 10.3. The van der Waals surface area contributed by atoms with Gasteiger partial charge in [-0.25, -0.2) is 0 Å². The van der Waals surface area contributed by atoms with E-state index in [2.05, 4.69) is 6.92 Å². The molecule has 1 atom stereocenters. The number of unbranched alkanes of at least 4 members (excludes halogenated alkanes) is 2. The minimum Gasteiger partial charge on any atom is -0.481 e. The molecular formula is C8H18O3Si. The van der Waals surface area contributed by atoms with Crippen LogP contribution >= 0.6 is 0 Å². The van der Waals surface area contributed by atoms with E-state index in [1.54, 1.807) is 0 Å². The van der Waals surface area contributed by atoms with Crippen LogP contribution in [0.3, 0.4) is 0 Å². The fraction of sp³-hybridized carbons (Fsp3) is 0.875. The van der Waals surface area contributed by atoms with Crippen LogP contribution in [0.5, 0.6) is 0 Å². The second kappa shape index (κ2) is 7.30. The van der Waals surface area contributed by atoms with Gasteiger partial charge in [0.05, 0.1) is 12.1 Å². The maximum Gasteiger partial charge on any atom is 0.305 e. The number of hydrogen-bond acceptors (Lipinski definition) is 2. The summed E-state index contributed by atoms with van der Waals surface area (Å²) in [5, 5.41) is 8.54. The van der Waals surface area contributed by atoms with E-state index in [-0.39, 0.29) is 5.54 Å². The highest BCUT2D eigenvalue weighted by molar-refractivity contribution is 6.22. The second-order valence-corrected chi connectivity index (χ2v) is 4.42. The Balaban J connectivity index is 3.14. The molecule has 0 radical (unpaired) electrons. The molecule has 0 aromatic heterocycles. The van der Waals surface area contributed by atoms with Gasteiger partial charge in [0.1, 0.15) is 0 Å². The van der Waals surface area contributed by atoms with Crippen molar-refractivity contribution in [3.05, 3.63) is 0 Å². The number of hydrogen-bond donors (Lipinski definition) is 1. The summed E-state index contributed by atoms with van der Waals surface area (Å²) in [4.78, 5) is 10.4. The molecule has 0 aromatic carbocycles. The lowest BCUT2D eigenvalue weighted by Gasteiger charge is -2.06. The molecule has 3 nitrogen and oxygen atoms in total. The van der Waals surface area contributed by atoms with E-state index in [1.807, 2.05) is 0 Å². The molecule has 0 rings (SSSR count). The molecule has 0 bridgehead atoms. The molecule has 12 heavy (non-hydrogen) atoms. The molecule has 0 aromatic rings. The van der Waals surface area contributed by atoms with E-state index in [9.17, 15) is 4.79 Å². The maximum absolute atomic E-state index is 10.4. The van der Waals surface area contributed by atoms with Crippen molar-refractivity contribution >= 4 is 16.2 Å². The van der Waals surface area contributed by atoms with E-state index in [4.69, 9.17) is 9.84 Å². The first-order chi connectivity index (χ1) is 5.68. The zero-order valence-corrected chi connectivity index (χ0v) is 9.88. The third-order valence-corrected chi connectivity index (χ3v) is 2.51. The van der Waals surface area contributed by atoms with Gasteiger partial charge in [-0.05, 0) is 6.42 Å². The lowest BCUT2D eigenvalue weighted by molar-refractivity contribution is -0.138. The van der Waals surface area contributed by atoms with Crippen LogP contribution in [-0.4, -0.2) is 34.5 Å². The molecule has 0 aliphatic heterocycles. The quantitative estimate of drug-likeness (QED) is 0.468. The van der Waals surface area contributed by atoms with Gasteiger partial charge in [0.2, 0.25) is 0 Å². The fourth-order valence-corrected chi connectivity index (χ4v) is 1.02. The first kappa shape index (κ1) is 11.6. The standard InChI is InChI=1S/C8H18O3Si/c1-2-3-4-5-11-6-7(12)8(9)10/h7H,2-6H2,1,12H3,(H,9,10). The summed E-state index contributed by atoms with van der Waals surface area (Å²) in [6.45, 7) is 3.23. The average molecular weight is 190 g/mol. The molecule has 1 unspecified atom stereocenters. The molecule has 0 heterocycles. The number of carboxylic acids is 1. The van der Waals surface area contributed by atoms with E-state index >= 15 is 0 Å². The summed E-state index contributed by atoms with van der Waals surface area (Å²) >= 11 is 0. The van der Waals surface area contributed by atoms with E-state index in [0.29, 0.717) is 23.5 Å². The Morgan fingerprint density at radius 1 is 1.58 bits per heavy atom. The van der Waals surface area contributed by atoms with Crippen LogP contribution in [0.1, 0.15) is 26.2 Å². The largest absolute Gasteiger partial charge is 0.481 e. The third kappa shape index (κ3) is 6.36. The first-order valence-corrected chi connectivity index (χ1v) is 5.64. The second-order valence-electron chi connectivity index (χ2n) is 3.02. The Bertz CT molecular complexity index is 127. The highest BCUT2D eigenvalue weighted by Crippen LogP contribution is 2.00. The van der Waals surface area contributed by atoms with Gasteiger partial charge in [0.25, 0.3) is 0 Å². The Morgan fingerprint density at radius 2 is 2.25 bits per heavy atom. The minimum absolute atomic E-state index is 0.244. The van der Waals surface area contributed by atoms with Crippen molar-refractivity contribution in [3.63, 3.8) is 0 Å². The maximum atomic E-state index is 10.4. The van der Waals surface area contributed by atoms with Crippen molar-refractivity contribution in [1.82, 2.24) is 0 Å². The third-order valence-electron chi connectivity index (χ3n) is 1.68. The number of aliphatic carboxylic acids is 1. The molecular weight excluding hydrogens is 172 g/mol. The number of rotatable bonds is 7. The average Bonchev–Trinajstić information content (AvgIpc) is 2.03. The molecule has 1 N–H and O–H groups in total. The topological polar surface area (TPSA) is 46.5 Å². The van der Waals surface area contributed by atoms with Crippen LogP contribution in [0, 0.1) is 0 Å². The van der Waals surface area contributed by atoms with Crippen molar-refractivity contribution in [2.75, 3.05) is 13.2 Å². The summed E-state index contributed by atoms with van der Waals surface area (Å²) in [5.41, 5.74) is -0.244. The van der Waals surface area contributed by atoms with Crippen LogP contribution in [0.2, 0.25) is 5.54 Å². The fourth-order valence-electron chi connectivity index (χ4n) is 0.786. The number of carboxylic acid groups (broad SMARTS) is 1. The summed E-state index contributed by atoms with van der Waals surface area (Å²) in [5.74, 6) is -0.725. The number of carbonyl (C=O) groups is 1. The molecule has 72 valence electrons. The van der Waals surface area contributed by atoms with Crippen molar-refractivity contribution in [1.29, 1.82) is 0 Å². The normalized spacial score (nSPS) is 13.1. The van der Waals surface area contributed by atoms with Crippen LogP contribution < -0.4 is 0 Å².